The third-order valence-electron chi connectivity index (χ3n) is 8.92. The molecule has 7 nitrogen and oxygen atoms in total. The summed E-state index contributed by atoms with van der Waals surface area (Å²) in [6.45, 7) is 15.6. The first-order valence-electron chi connectivity index (χ1n) is 18.5. The van der Waals surface area contributed by atoms with Crippen LogP contribution < -0.4 is 4.74 Å². The number of aliphatic hydroxyl groups excluding tert-OH is 2. The molecule has 51 heavy (non-hydrogen) atoms. The summed E-state index contributed by atoms with van der Waals surface area (Å²) in [6, 6.07) is 20.0. The molecule has 0 aliphatic carbocycles. The van der Waals surface area contributed by atoms with E-state index in [0.29, 0.717) is 49.9 Å². The first kappa shape index (κ1) is 41.2. The molecule has 0 radical (unpaired) electrons. The lowest BCUT2D eigenvalue weighted by atomic mass is 9.89. The Morgan fingerprint density at radius 3 is 1.71 bits per heavy atom. The highest BCUT2D eigenvalue weighted by molar-refractivity contribution is 5.87. The van der Waals surface area contributed by atoms with Crippen LogP contribution in [0.1, 0.15) is 88.5 Å². The van der Waals surface area contributed by atoms with Crippen LogP contribution in [0.5, 0.6) is 5.75 Å². The Morgan fingerprint density at radius 1 is 0.647 bits per heavy atom. The van der Waals surface area contributed by atoms with Gasteiger partial charge in [-0.15, -0.1) is 0 Å². The van der Waals surface area contributed by atoms with Gasteiger partial charge in [-0.3, -0.25) is 0 Å². The highest BCUT2D eigenvalue weighted by Gasteiger charge is 2.18. The van der Waals surface area contributed by atoms with Crippen molar-refractivity contribution in [3.8, 4) is 28.0 Å². The third kappa shape index (κ3) is 13.1. The zero-order valence-corrected chi connectivity index (χ0v) is 31.2. The van der Waals surface area contributed by atoms with Gasteiger partial charge in [0.25, 0.3) is 0 Å². The standard InChI is InChI=1S/C44H58O7/c1-7-9-13-33-16-18-35(19-17-33)36-20-21-41(37(26-36)12-8-2)40-27-38(14-10-23-50-43(47)31(3)4)42(49-25-22-34(29-45)30-46)39(28-40)15-11-24-51-44(48)32(5)6/h16-21,26-28,34,45-46H,3,5,7-15,22-25,29-30H2,1-2,4,6H3. The van der Waals surface area contributed by atoms with Gasteiger partial charge < -0.3 is 24.4 Å². The van der Waals surface area contributed by atoms with Crippen molar-refractivity contribution in [2.24, 2.45) is 5.92 Å². The molecule has 0 heterocycles. The maximum Gasteiger partial charge on any atom is 0.333 e. The number of aliphatic hydroxyl groups is 2. The predicted octanol–water partition coefficient (Wildman–Crippen LogP) is 8.79. The van der Waals surface area contributed by atoms with Gasteiger partial charge >= 0.3 is 11.9 Å². The molecule has 0 atom stereocenters. The van der Waals surface area contributed by atoms with Crippen LogP contribution in [0.25, 0.3) is 22.3 Å². The minimum Gasteiger partial charge on any atom is -0.493 e. The van der Waals surface area contributed by atoms with Gasteiger partial charge in [-0.25, -0.2) is 9.59 Å². The Bertz CT molecular complexity index is 1530. The minimum atomic E-state index is -0.413. The second kappa shape index (κ2) is 21.9. The van der Waals surface area contributed by atoms with Gasteiger partial charge in [-0.05, 0) is 122 Å². The summed E-state index contributed by atoms with van der Waals surface area (Å²) >= 11 is 0. The average molecular weight is 699 g/mol. The van der Waals surface area contributed by atoms with Crippen LogP contribution in [0.15, 0.2) is 78.9 Å². The minimum absolute atomic E-state index is 0.125. The number of ether oxygens (including phenoxy) is 3. The lowest BCUT2D eigenvalue weighted by Crippen LogP contribution is -2.16. The Morgan fingerprint density at radius 2 is 1.20 bits per heavy atom. The molecule has 0 aromatic heterocycles. The van der Waals surface area contributed by atoms with E-state index in [0.717, 1.165) is 47.3 Å². The third-order valence-corrected chi connectivity index (χ3v) is 8.92. The Kier molecular flexibility index (Phi) is 17.7. The van der Waals surface area contributed by atoms with Crippen molar-refractivity contribution >= 4 is 11.9 Å². The van der Waals surface area contributed by atoms with Gasteiger partial charge in [0.1, 0.15) is 5.75 Å². The van der Waals surface area contributed by atoms with Crippen LogP contribution in [0.4, 0.5) is 0 Å². The molecule has 0 unspecified atom stereocenters. The molecule has 3 aromatic carbocycles. The fourth-order valence-corrected chi connectivity index (χ4v) is 5.91. The quantitative estimate of drug-likeness (QED) is 0.0580. The number of benzene rings is 3. The summed E-state index contributed by atoms with van der Waals surface area (Å²) in [7, 11) is 0. The molecule has 0 fully saturated rings. The SMILES string of the molecule is C=C(C)C(=O)OCCCc1cc(-c2ccc(-c3ccc(CCCC)cc3)cc2CCC)cc(CCCOC(=O)C(=C)C)c1OCCC(CO)CO. The van der Waals surface area contributed by atoms with Crippen molar-refractivity contribution in [1.29, 1.82) is 0 Å². The first-order valence-corrected chi connectivity index (χ1v) is 18.5. The molecular formula is C44H58O7. The van der Waals surface area contributed by atoms with Crippen molar-refractivity contribution < 1.29 is 34.0 Å². The van der Waals surface area contributed by atoms with E-state index in [9.17, 15) is 19.8 Å². The molecule has 3 rings (SSSR count). The number of carbonyl (C=O) groups is 2. The van der Waals surface area contributed by atoms with E-state index in [2.05, 4.69) is 81.6 Å². The van der Waals surface area contributed by atoms with Crippen molar-refractivity contribution in [3.05, 3.63) is 101 Å². The van der Waals surface area contributed by atoms with Crippen molar-refractivity contribution in [2.45, 2.75) is 91.9 Å². The maximum absolute atomic E-state index is 12.1. The van der Waals surface area contributed by atoms with Gasteiger partial charge in [0.2, 0.25) is 0 Å². The molecule has 0 saturated heterocycles. The first-order chi connectivity index (χ1) is 24.6. The highest BCUT2D eigenvalue weighted by Crippen LogP contribution is 2.37. The summed E-state index contributed by atoms with van der Waals surface area (Å²) in [5, 5.41) is 19.3. The predicted molar refractivity (Wildman–Crippen MR) is 206 cm³/mol. The molecule has 0 aliphatic rings. The van der Waals surface area contributed by atoms with E-state index in [-0.39, 0.29) is 32.3 Å². The number of hydrogen-bond acceptors (Lipinski definition) is 7. The van der Waals surface area contributed by atoms with Crippen LogP contribution in [0.2, 0.25) is 0 Å². The zero-order chi connectivity index (χ0) is 37.2. The lowest BCUT2D eigenvalue weighted by molar-refractivity contribution is -0.139. The number of unbranched alkanes of at least 4 members (excludes halogenated alkanes) is 1. The molecule has 0 spiro atoms. The molecule has 0 saturated carbocycles. The average Bonchev–Trinajstić information content (AvgIpc) is 3.13. The van der Waals surface area contributed by atoms with E-state index in [4.69, 9.17) is 14.2 Å². The van der Waals surface area contributed by atoms with Crippen LogP contribution in [-0.2, 0) is 44.7 Å². The van der Waals surface area contributed by atoms with E-state index in [1.54, 1.807) is 13.8 Å². The highest BCUT2D eigenvalue weighted by atomic mass is 16.5. The van der Waals surface area contributed by atoms with E-state index >= 15 is 0 Å². The fraction of sp³-hybridized carbons (Fsp3) is 0.455. The van der Waals surface area contributed by atoms with Gasteiger partial charge in [-0.1, -0.05) is 82.3 Å². The number of rotatable bonds is 23. The van der Waals surface area contributed by atoms with Crippen molar-refractivity contribution in [1.82, 2.24) is 0 Å². The summed E-state index contributed by atoms with van der Waals surface area (Å²) in [4.78, 5) is 24.1. The summed E-state index contributed by atoms with van der Waals surface area (Å²) < 4.78 is 17.3. The number of hydrogen-bond donors (Lipinski definition) is 2. The van der Waals surface area contributed by atoms with Gasteiger partial charge in [0, 0.05) is 30.3 Å². The molecular weight excluding hydrogens is 640 g/mol. The summed E-state index contributed by atoms with van der Waals surface area (Å²) in [5.74, 6) is -0.363. The summed E-state index contributed by atoms with van der Waals surface area (Å²) in [5.41, 5.74) is 9.90. The van der Waals surface area contributed by atoms with Gasteiger partial charge in [0.15, 0.2) is 0 Å². The number of aryl methyl sites for hydroxylation is 4. The maximum atomic E-state index is 12.1. The molecule has 0 aliphatic heterocycles. The fourth-order valence-electron chi connectivity index (χ4n) is 5.91. The van der Waals surface area contributed by atoms with Crippen LogP contribution >= 0.6 is 0 Å². The Balaban J connectivity index is 2.05. The van der Waals surface area contributed by atoms with Crippen LogP contribution in [0.3, 0.4) is 0 Å². The van der Waals surface area contributed by atoms with Crippen LogP contribution in [-0.4, -0.2) is 55.2 Å². The lowest BCUT2D eigenvalue weighted by Gasteiger charge is -2.21. The Labute approximate surface area is 305 Å². The van der Waals surface area contributed by atoms with E-state index < -0.39 is 11.9 Å². The van der Waals surface area contributed by atoms with Gasteiger partial charge in [0.05, 0.1) is 19.8 Å². The Hall–Kier alpha value is -4.20. The largest absolute Gasteiger partial charge is 0.493 e. The molecule has 2 N–H and O–H groups in total. The topological polar surface area (TPSA) is 102 Å². The smallest absolute Gasteiger partial charge is 0.333 e. The van der Waals surface area contributed by atoms with Crippen LogP contribution in [0, 0.1) is 5.92 Å². The van der Waals surface area contributed by atoms with Crippen molar-refractivity contribution in [3.63, 3.8) is 0 Å². The zero-order valence-electron chi connectivity index (χ0n) is 31.2. The second-order valence-electron chi connectivity index (χ2n) is 13.5. The molecule has 0 bridgehead atoms. The second-order valence-corrected chi connectivity index (χ2v) is 13.5. The molecule has 7 heteroatoms. The summed E-state index contributed by atoms with van der Waals surface area (Å²) in [6.07, 6.45) is 8.22. The van der Waals surface area contributed by atoms with E-state index in [1.807, 2.05) is 0 Å². The normalized spacial score (nSPS) is 11.0. The van der Waals surface area contributed by atoms with E-state index in [1.165, 1.54) is 35.1 Å². The number of esters is 2. The van der Waals surface area contributed by atoms with Crippen molar-refractivity contribution in [2.75, 3.05) is 33.0 Å². The molecule has 0 amide bonds. The van der Waals surface area contributed by atoms with Gasteiger partial charge in [-0.2, -0.15) is 0 Å². The number of carbonyl (C=O) groups excluding carboxylic acids is 2. The molecule has 276 valence electrons. The monoisotopic (exact) mass is 698 g/mol. The molecule has 3 aromatic rings.